The summed E-state index contributed by atoms with van der Waals surface area (Å²) in [5.74, 6) is 0.680. The number of likely N-dealkylation sites (tertiary alicyclic amines) is 1. The molecule has 2 heteroatoms. The maximum atomic E-state index is 3.68. The second kappa shape index (κ2) is 7.06. The van der Waals surface area contributed by atoms with Crippen molar-refractivity contribution in [1.29, 1.82) is 0 Å². The number of nitrogens with zero attached hydrogens (tertiary/aromatic N) is 1. The van der Waals surface area contributed by atoms with Crippen molar-refractivity contribution in [2.24, 2.45) is 0 Å². The molecule has 1 aromatic carbocycles. The van der Waals surface area contributed by atoms with Crippen LogP contribution in [-0.4, -0.2) is 37.6 Å². The van der Waals surface area contributed by atoms with E-state index >= 15 is 0 Å². The first kappa shape index (κ1) is 14.5. The minimum atomic E-state index is 0.648. The Kier molecular flexibility index (Phi) is 5.41. The number of hydrogen-bond donors (Lipinski definition) is 1. The van der Waals surface area contributed by atoms with Crippen LogP contribution in [0.2, 0.25) is 0 Å². The predicted molar refractivity (Wildman–Crippen MR) is 82.8 cm³/mol. The summed E-state index contributed by atoms with van der Waals surface area (Å²) in [5.41, 5.74) is 2.95. The Hall–Kier alpha value is -0.860. The molecule has 2 atom stereocenters. The van der Waals surface area contributed by atoms with Gasteiger partial charge in [-0.3, -0.25) is 0 Å². The number of nitrogens with one attached hydrogen (secondary N) is 1. The molecule has 2 rings (SSSR count). The highest BCUT2D eigenvalue weighted by Crippen LogP contribution is 2.26. The van der Waals surface area contributed by atoms with Gasteiger partial charge in [0.15, 0.2) is 0 Å². The van der Waals surface area contributed by atoms with E-state index < -0.39 is 0 Å². The topological polar surface area (TPSA) is 15.3 Å². The molecule has 1 N–H and O–H groups in total. The summed E-state index contributed by atoms with van der Waals surface area (Å²) in [4.78, 5) is 2.47. The number of rotatable bonds is 5. The average Bonchev–Trinajstić information content (AvgIpc) is 2.44. The summed E-state index contributed by atoms with van der Waals surface area (Å²) in [7, 11) is 2.24. The summed E-state index contributed by atoms with van der Waals surface area (Å²) in [5, 5.41) is 3.68. The van der Waals surface area contributed by atoms with E-state index in [0.29, 0.717) is 12.0 Å². The first-order chi connectivity index (χ1) is 9.22. The SMILES string of the molecule is CCCNC1CC(c2ccc(CC)cc2)CN(C)C1. The smallest absolute Gasteiger partial charge is 0.0201 e. The molecule has 2 nitrogen and oxygen atoms in total. The van der Waals surface area contributed by atoms with Gasteiger partial charge in [0.2, 0.25) is 0 Å². The molecule has 1 aromatic rings. The van der Waals surface area contributed by atoms with E-state index in [1.807, 2.05) is 0 Å². The van der Waals surface area contributed by atoms with Gasteiger partial charge in [0.1, 0.15) is 0 Å². The van der Waals surface area contributed by atoms with Crippen molar-refractivity contribution in [3.63, 3.8) is 0 Å². The Balaban J connectivity index is 2.01. The maximum Gasteiger partial charge on any atom is 0.0201 e. The van der Waals surface area contributed by atoms with Crippen LogP contribution in [0.5, 0.6) is 0 Å². The average molecular weight is 260 g/mol. The third-order valence-corrected chi connectivity index (χ3v) is 4.18. The van der Waals surface area contributed by atoms with E-state index in [2.05, 4.69) is 55.4 Å². The van der Waals surface area contributed by atoms with Gasteiger partial charge in [-0.25, -0.2) is 0 Å². The van der Waals surface area contributed by atoms with Crippen LogP contribution >= 0.6 is 0 Å². The monoisotopic (exact) mass is 260 g/mol. The first-order valence-electron chi connectivity index (χ1n) is 7.73. The van der Waals surface area contributed by atoms with Crippen molar-refractivity contribution in [3.8, 4) is 0 Å². The molecule has 106 valence electrons. The number of benzene rings is 1. The molecule has 1 saturated heterocycles. The van der Waals surface area contributed by atoms with Gasteiger partial charge in [-0.05, 0) is 49.9 Å². The number of aryl methyl sites for hydroxylation is 1. The Morgan fingerprint density at radius 2 is 1.89 bits per heavy atom. The maximum absolute atomic E-state index is 3.68. The summed E-state index contributed by atoms with van der Waals surface area (Å²) in [6, 6.07) is 9.89. The second-order valence-corrected chi connectivity index (χ2v) is 5.90. The van der Waals surface area contributed by atoms with Crippen LogP contribution in [0.15, 0.2) is 24.3 Å². The fourth-order valence-electron chi connectivity index (χ4n) is 3.08. The van der Waals surface area contributed by atoms with Gasteiger partial charge in [-0.15, -0.1) is 0 Å². The number of hydrogen-bond acceptors (Lipinski definition) is 2. The quantitative estimate of drug-likeness (QED) is 0.875. The fourth-order valence-corrected chi connectivity index (χ4v) is 3.08. The molecule has 0 bridgehead atoms. The lowest BCUT2D eigenvalue weighted by atomic mass is 9.87. The molecule has 0 aliphatic carbocycles. The molecule has 1 aliphatic rings. The third kappa shape index (κ3) is 4.05. The van der Waals surface area contributed by atoms with Crippen molar-refractivity contribution in [2.75, 3.05) is 26.7 Å². The Bertz CT molecular complexity index is 371. The number of piperidine rings is 1. The van der Waals surface area contributed by atoms with Gasteiger partial charge in [0.05, 0.1) is 0 Å². The predicted octanol–water partition coefficient (Wildman–Crippen LogP) is 3.04. The molecule has 0 aromatic heterocycles. The van der Waals surface area contributed by atoms with Crippen LogP contribution in [0.4, 0.5) is 0 Å². The molecule has 1 aliphatic heterocycles. The summed E-state index contributed by atoms with van der Waals surface area (Å²) in [6.07, 6.45) is 3.62. The van der Waals surface area contributed by atoms with E-state index in [0.717, 1.165) is 13.0 Å². The molecule has 1 fully saturated rings. The first-order valence-corrected chi connectivity index (χ1v) is 7.73. The highest BCUT2D eigenvalue weighted by atomic mass is 15.1. The van der Waals surface area contributed by atoms with E-state index in [-0.39, 0.29) is 0 Å². The zero-order chi connectivity index (χ0) is 13.7. The molecule has 0 radical (unpaired) electrons. The van der Waals surface area contributed by atoms with Crippen molar-refractivity contribution in [3.05, 3.63) is 35.4 Å². The van der Waals surface area contributed by atoms with E-state index in [9.17, 15) is 0 Å². The lowest BCUT2D eigenvalue weighted by Gasteiger charge is -2.36. The van der Waals surface area contributed by atoms with Crippen molar-refractivity contribution >= 4 is 0 Å². The number of likely N-dealkylation sites (N-methyl/N-ethyl adjacent to an activating group) is 1. The fraction of sp³-hybridized carbons (Fsp3) is 0.647. The Morgan fingerprint density at radius 3 is 2.53 bits per heavy atom. The van der Waals surface area contributed by atoms with Gasteiger partial charge in [-0.1, -0.05) is 38.1 Å². The normalized spacial score (nSPS) is 24.6. The van der Waals surface area contributed by atoms with Gasteiger partial charge >= 0.3 is 0 Å². The molecule has 2 unspecified atom stereocenters. The largest absolute Gasteiger partial charge is 0.313 e. The molecule has 1 heterocycles. The molecule has 0 saturated carbocycles. The van der Waals surface area contributed by atoms with E-state index in [4.69, 9.17) is 0 Å². The molecule has 0 spiro atoms. The Morgan fingerprint density at radius 1 is 1.16 bits per heavy atom. The lowest BCUT2D eigenvalue weighted by Crippen LogP contribution is -2.47. The van der Waals surface area contributed by atoms with Gasteiger partial charge in [-0.2, -0.15) is 0 Å². The summed E-state index contributed by atoms with van der Waals surface area (Å²) < 4.78 is 0. The molecular formula is C17H28N2. The lowest BCUT2D eigenvalue weighted by molar-refractivity contribution is 0.205. The Labute approximate surface area is 118 Å². The zero-order valence-electron chi connectivity index (χ0n) is 12.7. The highest BCUT2D eigenvalue weighted by molar-refractivity contribution is 5.26. The minimum Gasteiger partial charge on any atom is -0.313 e. The molecule has 0 amide bonds. The van der Waals surface area contributed by atoms with Crippen LogP contribution < -0.4 is 5.32 Å². The van der Waals surface area contributed by atoms with E-state index in [1.165, 1.54) is 37.1 Å². The zero-order valence-corrected chi connectivity index (χ0v) is 12.7. The highest BCUT2D eigenvalue weighted by Gasteiger charge is 2.25. The van der Waals surface area contributed by atoms with Crippen LogP contribution in [0.1, 0.15) is 43.7 Å². The van der Waals surface area contributed by atoms with Crippen LogP contribution in [0, 0.1) is 0 Å². The van der Waals surface area contributed by atoms with Gasteiger partial charge in [0.25, 0.3) is 0 Å². The van der Waals surface area contributed by atoms with Crippen LogP contribution in [0.3, 0.4) is 0 Å². The van der Waals surface area contributed by atoms with Crippen LogP contribution in [0.25, 0.3) is 0 Å². The molecular weight excluding hydrogens is 232 g/mol. The standard InChI is InChI=1S/C17H28N2/c1-4-10-18-17-11-16(12-19(3)13-17)15-8-6-14(5-2)7-9-15/h6-9,16-18H,4-5,10-13H2,1-3H3. The minimum absolute atomic E-state index is 0.648. The van der Waals surface area contributed by atoms with Crippen molar-refractivity contribution in [1.82, 2.24) is 10.2 Å². The van der Waals surface area contributed by atoms with Gasteiger partial charge < -0.3 is 10.2 Å². The van der Waals surface area contributed by atoms with Crippen LogP contribution in [-0.2, 0) is 6.42 Å². The van der Waals surface area contributed by atoms with Crippen molar-refractivity contribution in [2.45, 2.75) is 45.1 Å². The third-order valence-electron chi connectivity index (χ3n) is 4.18. The van der Waals surface area contributed by atoms with Gasteiger partial charge in [0, 0.05) is 19.1 Å². The summed E-state index contributed by atoms with van der Waals surface area (Å²) in [6.45, 7) is 7.97. The van der Waals surface area contributed by atoms with E-state index in [1.54, 1.807) is 0 Å². The second-order valence-electron chi connectivity index (χ2n) is 5.90. The van der Waals surface area contributed by atoms with Crippen molar-refractivity contribution < 1.29 is 0 Å². The molecule has 19 heavy (non-hydrogen) atoms. The summed E-state index contributed by atoms with van der Waals surface area (Å²) >= 11 is 0.